The number of benzene rings is 1. The fourth-order valence-electron chi connectivity index (χ4n) is 1.78. The molecule has 0 fully saturated rings. The van der Waals surface area contributed by atoms with Crippen molar-refractivity contribution in [1.29, 1.82) is 0 Å². The van der Waals surface area contributed by atoms with Gasteiger partial charge in [-0.25, -0.2) is 0 Å². The Labute approximate surface area is 106 Å². The Hall–Kier alpha value is -2.23. The second-order valence-corrected chi connectivity index (χ2v) is 3.95. The number of rotatable bonds is 4. The number of ether oxygens (including phenoxy) is 1. The van der Waals surface area contributed by atoms with E-state index in [2.05, 4.69) is 5.32 Å². The standard InChI is InChI=1S/C14H15NO3/c1-10(12-5-3-4-6-13(12)17-2)15-14(16)11-7-8-18-9-11/h3-10H,1-2H3,(H,15,16)/t10-/m0/s1. The van der Waals surface area contributed by atoms with Crippen molar-refractivity contribution < 1.29 is 13.9 Å². The number of carbonyl (C=O) groups excluding carboxylic acids is 1. The number of hydrogen-bond acceptors (Lipinski definition) is 3. The molecule has 0 spiro atoms. The summed E-state index contributed by atoms with van der Waals surface area (Å²) in [4.78, 5) is 11.9. The van der Waals surface area contributed by atoms with Gasteiger partial charge in [0.1, 0.15) is 12.0 Å². The lowest BCUT2D eigenvalue weighted by Crippen LogP contribution is -2.26. The van der Waals surface area contributed by atoms with Crippen molar-refractivity contribution in [3.63, 3.8) is 0 Å². The van der Waals surface area contributed by atoms with Crippen LogP contribution in [-0.2, 0) is 0 Å². The van der Waals surface area contributed by atoms with Gasteiger partial charge in [-0.15, -0.1) is 0 Å². The van der Waals surface area contributed by atoms with E-state index >= 15 is 0 Å². The van der Waals surface area contributed by atoms with Crippen LogP contribution in [0, 0.1) is 0 Å². The predicted molar refractivity (Wildman–Crippen MR) is 67.6 cm³/mol. The maximum Gasteiger partial charge on any atom is 0.255 e. The number of furan rings is 1. The van der Waals surface area contributed by atoms with E-state index in [4.69, 9.17) is 9.15 Å². The number of amides is 1. The maximum atomic E-state index is 11.9. The summed E-state index contributed by atoms with van der Waals surface area (Å²) in [6.07, 6.45) is 2.90. The Morgan fingerprint density at radius 3 is 2.78 bits per heavy atom. The van der Waals surface area contributed by atoms with Crippen LogP contribution in [0.4, 0.5) is 0 Å². The fraction of sp³-hybridized carbons (Fsp3) is 0.214. The van der Waals surface area contributed by atoms with Crippen LogP contribution in [0.1, 0.15) is 28.9 Å². The highest BCUT2D eigenvalue weighted by Crippen LogP contribution is 2.24. The minimum absolute atomic E-state index is 0.136. The Morgan fingerprint density at radius 1 is 1.33 bits per heavy atom. The van der Waals surface area contributed by atoms with Crippen molar-refractivity contribution in [1.82, 2.24) is 5.32 Å². The molecule has 1 atom stereocenters. The second-order valence-electron chi connectivity index (χ2n) is 3.95. The van der Waals surface area contributed by atoms with Crippen LogP contribution in [0.25, 0.3) is 0 Å². The van der Waals surface area contributed by atoms with Gasteiger partial charge in [-0.3, -0.25) is 4.79 Å². The number of carbonyl (C=O) groups is 1. The van der Waals surface area contributed by atoms with Gasteiger partial charge in [-0.2, -0.15) is 0 Å². The molecule has 1 N–H and O–H groups in total. The minimum atomic E-state index is -0.165. The monoisotopic (exact) mass is 245 g/mol. The zero-order chi connectivity index (χ0) is 13.0. The highest BCUT2D eigenvalue weighted by molar-refractivity contribution is 5.94. The summed E-state index contributed by atoms with van der Waals surface area (Å²) in [7, 11) is 1.61. The molecule has 0 aliphatic rings. The number of para-hydroxylation sites is 1. The molecule has 1 aromatic carbocycles. The topological polar surface area (TPSA) is 51.5 Å². The summed E-state index contributed by atoms with van der Waals surface area (Å²) in [5.74, 6) is 0.597. The van der Waals surface area contributed by atoms with Crippen LogP contribution in [0.3, 0.4) is 0 Å². The van der Waals surface area contributed by atoms with Crippen molar-refractivity contribution in [2.75, 3.05) is 7.11 Å². The molecule has 2 rings (SSSR count). The molecular formula is C14H15NO3. The number of methoxy groups -OCH3 is 1. The van der Waals surface area contributed by atoms with Crippen LogP contribution < -0.4 is 10.1 Å². The first-order chi connectivity index (χ1) is 8.72. The van der Waals surface area contributed by atoms with E-state index < -0.39 is 0 Å². The summed E-state index contributed by atoms with van der Waals surface area (Å²) in [5, 5.41) is 2.89. The highest BCUT2D eigenvalue weighted by atomic mass is 16.5. The molecule has 0 saturated heterocycles. The first kappa shape index (κ1) is 12.2. The lowest BCUT2D eigenvalue weighted by Gasteiger charge is -2.16. The van der Waals surface area contributed by atoms with Crippen molar-refractivity contribution >= 4 is 5.91 Å². The SMILES string of the molecule is COc1ccccc1[C@H](C)NC(=O)c1ccoc1. The first-order valence-corrected chi connectivity index (χ1v) is 5.68. The molecule has 0 radical (unpaired) electrons. The number of hydrogen-bond donors (Lipinski definition) is 1. The van der Waals surface area contributed by atoms with Crippen molar-refractivity contribution in [2.45, 2.75) is 13.0 Å². The predicted octanol–water partition coefficient (Wildman–Crippen LogP) is 2.78. The number of nitrogens with one attached hydrogen (secondary N) is 1. The largest absolute Gasteiger partial charge is 0.496 e. The Bertz CT molecular complexity index is 520. The minimum Gasteiger partial charge on any atom is -0.496 e. The smallest absolute Gasteiger partial charge is 0.255 e. The van der Waals surface area contributed by atoms with Gasteiger partial charge in [0.2, 0.25) is 0 Å². The van der Waals surface area contributed by atoms with Crippen LogP contribution in [0.15, 0.2) is 47.3 Å². The molecule has 0 bridgehead atoms. The molecular weight excluding hydrogens is 230 g/mol. The average molecular weight is 245 g/mol. The lowest BCUT2D eigenvalue weighted by molar-refractivity contribution is 0.0939. The summed E-state index contributed by atoms with van der Waals surface area (Å²) in [6.45, 7) is 1.91. The molecule has 1 amide bonds. The normalized spacial score (nSPS) is 11.9. The molecule has 94 valence electrons. The van der Waals surface area contributed by atoms with Crippen LogP contribution in [0.5, 0.6) is 5.75 Å². The Morgan fingerprint density at radius 2 is 2.11 bits per heavy atom. The third-order valence-electron chi connectivity index (χ3n) is 2.74. The first-order valence-electron chi connectivity index (χ1n) is 5.68. The molecule has 2 aromatic rings. The van der Waals surface area contributed by atoms with Crippen LogP contribution in [-0.4, -0.2) is 13.0 Å². The zero-order valence-corrected chi connectivity index (χ0v) is 10.3. The van der Waals surface area contributed by atoms with Crippen LogP contribution in [0.2, 0.25) is 0 Å². The molecule has 0 unspecified atom stereocenters. The molecule has 4 nitrogen and oxygen atoms in total. The third kappa shape index (κ3) is 2.53. The van der Waals surface area contributed by atoms with Crippen LogP contribution >= 0.6 is 0 Å². The van der Waals surface area contributed by atoms with Gasteiger partial charge < -0.3 is 14.5 Å². The molecule has 1 heterocycles. The van der Waals surface area contributed by atoms with E-state index in [1.165, 1.54) is 12.5 Å². The molecule has 0 aliphatic heterocycles. The van der Waals surface area contributed by atoms with Gasteiger partial charge >= 0.3 is 0 Å². The third-order valence-corrected chi connectivity index (χ3v) is 2.74. The quantitative estimate of drug-likeness (QED) is 0.901. The van der Waals surface area contributed by atoms with E-state index in [-0.39, 0.29) is 11.9 Å². The van der Waals surface area contributed by atoms with E-state index in [0.717, 1.165) is 11.3 Å². The van der Waals surface area contributed by atoms with Crippen molar-refractivity contribution in [3.05, 3.63) is 54.0 Å². The maximum absolute atomic E-state index is 11.9. The van der Waals surface area contributed by atoms with Gasteiger partial charge in [-0.05, 0) is 19.1 Å². The fourth-order valence-corrected chi connectivity index (χ4v) is 1.78. The van der Waals surface area contributed by atoms with Gasteiger partial charge in [0.05, 0.1) is 25.0 Å². The van der Waals surface area contributed by atoms with E-state index in [1.807, 2.05) is 31.2 Å². The van der Waals surface area contributed by atoms with Gasteiger partial charge in [0.15, 0.2) is 0 Å². The van der Waals surface area contributed by atoms with Gasteiger partial charge in [-0.1, -0.05) is 18.2 Å². The molecule has 4 heteroatoms. The Balaban J connectivity index is 2.12. The molecule has 18 heavy (non-hydrogen) atoms. The summed E-state index contributed by atoms with van der Waals surface area (Å²) < 4.78 is 10.2. The van der Waals surface area contributed by atoms with E-state index in [9.17, 15) is 4.79 Å². The molecule has 0 saturated carbocycles. The molecule has 1 aromatic heterocycles. The van der Waals surface area contributed by atoms with Crippen molar-refractivity contribution in [3.8, 4) is 5.75 Å². The zero-order valence-electron chi connectivity index (χ0n) is 10.3. The van der Waals surface area contributed by atoms with E-state index in [0.29, 0.717) is 5.56 Å². The van der Waals surface area contributed by atoms with E-state index in [1.54, 1.807) is 13.2 Å². The summed E-state index contributed by atoms with van der Waals surface area (Å²) in [6, 6.07) is 9.11. The van der Waals surface area contributed by atoms with Crippen molar-refractivity contribution in [2.24, 2.45) is 0 Å². The summed E-state index contributed by atoms with van der Waals surface area (Å²) in [5.41, 5.74) is 1.45. The second kappa shape index (κ2) is 5.40. The lowest BCUT2D eigenvalue weighted by atomic mass is 10.1. The highest BCUT2D eigenvalue weighted by Gasteiger charge is 2.15. The van der Waals surface area contributed by atoms with Gasteiger partial charge in [0, 0.05) is 5.56 Å². The average Bonchev–Trinajstić information content (AvgIpc) is 2.92. The van der Waals surface area contributed by atoms with Gasteiger partial charge in [0.25, 0.3) is 5.91 Å². The molecule has 0 aliphatic carbocycles. The summed E-state index contributed by atoms with van der Waals surface area (Å²) >= 11 is 0. The Kier molecular flexibility index (Phi) is 3.67.